The number of morpholine rings is 1. The quantitative estimate of drug-likeness (QED) is 0.757. The van der Waals surface area contributed by atoms with E-state index in [0.717, 1.165) is 0 Å². The van der Waals surface area contributed by atoms with Crippen LogP contribution in [-0.2, 0) is 4.74 Å². The minimum atomic E-state index is -0.337. The highest BCUT2D eigenvalue weighted by molar-refractivity contribution is 5.54. The highest BCUT2D eigenvalue weighted by atomic mass is 19.1. The van der Waals surface area contributed by atoms with Gasteiger partial charge in [0, 0.05) is 18.8 Å². The van der Waals surface area contributed by atoms with Crippen molar-refractivity contribution < 1.29 is 14.2 Å². The molecule has 1 fully saturated rings. The van der Waals surface area contributed by atoms with Gasteiger partial charge in [0.1, 0.15) is 5.82 Å². The molecule has 4 nitrogen and oxygen atoms in total. The largest absolute Gasteiger partial charge is 0.399 e. The predicted molar refractivity (Wildman–Crippen MR) is 64.4 cm³/mol. The van der Waals surface area contributed by atoms with E-state index in [2.05, 4.69) is 0 Å². The predicted octanol–water partition coefficient (Wildman–Crippen LogP) is 0.994. The lowest BCUT2D eigenvalue weighted by Gasteiger charge is -2.37. The Labute approximate surface area is 99.8 Å². The number of nitrogen functional groups attached to an aromatic ring is 1. The third-order valence-electron chi connectivity index (χ3n) is 2.84. The van der Waals surface area contributed by atoms with Crippen molar-refractivity contribution in [3.05, 3.63) is 24.0 Å². The third-order valence-corrected chi connectivity index (χ3v) is 2.84. The van der Waals surface area contributed by atoms with Gasteiger partial charge in [0.05, 0.1) is 24.5 Å². The summed E-state index contributed by atoms with van der Waals surface area (Å²) < 4.78 is 19.3. The molecule has 1 aromatic carbocycles. The molecule has 0 aliphatic carbocycles. The van der Waals surface area contributed by atoms with E-state index in [-0.39, 0.29) is 24.6 Å². The lowest BCUT2D eigenvalue weighted by Crippen LogP contribution is -2.48. The molecule has 0 saturated carbocycles. The van der Waals surface area contributed by atoms with Crippen LogP contribution in [0.1, 0.15) is 6.92 Å². The molecule has 0 spiro atoms. The molecular weight excluding hydrogens is 223 g/mol. The molecule has 0 amide bonds. The standard InChI is InChI=1S/C12H17FN2O2/c1-8-5-15(6-10(7-16)17-8)12-3-2-9(14)4-11(12)13/h2-4,8,10,16H,5-7,14H2,1H3. The number of nitrogens with zero attached hydrogens (tertiary/aromatic N) is 1. The summed E-state index contributed by atoms with van der Waals surface area (Å²) in [6.45, 7) is 2.94. The number of halogens is 1. The van der Waals surface area contributed by atoms with Crippen molar-refractivity contribution in [3.63, 3.8) is 0 Å². The Hall–Kier alpha value is -1.33. The Morgan fingerprint density at radius 1 is 1.53 bits per heavy atom. The van der Waals surface area contributed by atoms with E-state index in [1.54, 1.807) is 12.1 Å². The maximum Gasteiger partial charge on any atom is 0.148 e. The molecule has 1 aliphatic heterocycles. The molecule has 17 heavy (non-hydrogen) atoms. The minimum absolute atomic E-state index is 0.0298. The van der Waals surface area contributed by atoms with Crippen molar-refractivity contribution in [1.29, 1.82) is 0 Å². The summed E-state index contributed by atoms with van der Waals surface area (Å²) in [6.07, 6.45) is -0.298. The fourth-order valence-electron chi connectivity index (χ4n) is 2.12. The Bertz CT molecular complexity index is 400. The van der Waals surface area contributed by atoms with Crippen molar-refractivity contribution in [3.8, 4) is 0 Å². The molecule has 1 saturated heterocycles. The Kier molecular flexibility index (Phi) is 3.49. The van der Waals surface area contributed by atoms with Crippen LogP contribution in [0.2, 0.25) is 0 Å². The number of nitrogens with two attached hydrogens (primary N) is 1. The fraction of sp³-hybridized carbons (Fsp3) is 0.500. The zero-order valence-corrected chi connectivity index (χ0v) is 9.77. The highest BCUT2D eigenvalue weighted by Gasteiger charge is 2.26. The Morgan fingerprint density at radius 2 is 2.29 bits per heavy atom. The Balaban J connectivity index is 2.20. The Morgan fingerprint density at radius 3 is 2.94 bits per heavy atom. The first-order chi connectivity index (χ1) is 8.10. The van der Waals surface area contributed by atoms with Crippen molar-refractivity contribution in [2.45, 2.75) is 19.1 Å². The number of hydrogen-bond acceptors (Lipinski definition) is 4. The van der Waals surface area contributed by atoms with Gasteiger partial charge in [-0.05, 0) is 25.1 Å². The molecule has 94 valence electrons. The number of benzene rings is 1. The van der Waals surface area contributed by atoms with Gasteiger partial charge >= 0.3 is 0 Å². The normalized spacial score (nSPS) is 25.0. The average molecular weight is 240 g/mol. The van der Waals surface area contributed by atoms with Crippen LogP contribution in [0.4, 0.5) is 15.8 Å². The molecule has 2 atom stereocenters. The van der Waals surface area contributed by atoms with Crippen LogP contribution in [0.25, 0.3) is 0 Å². The first kappa shape index (κ1) is 12.1. The number of ether oxygens (including phenoxy) is 1. The summed E-state index contributed by atoms with van der Waals surface area (Å²) in [5, 5.41) is 9.12. The van der Waals surface area contributed by atoms with E-state index in [1.165, 1.54) is 6.07 Å². The van der Waals surface area contributed by atoms with Crippen LogP contribution in [0.15, 0.2) is 18.2 Å². The summed E-state index contributed by atoms with van der Waals surface area (Å²) in [4.78, 5) is 1.88. The van der Waals surface area contributed by atoms with Gasteiger partial charge in [-0.25, -0.2) is 4.39 Å². The van der Waals surface area contributed by atoms with Gasteiger partial charge in [-0.3, -0.25) is 0 Å². The number of rotatable bonds is 2. The summed E-state index contributed by atoms with van der Waals surface area (Å²) >= 11 is 0. The zero-order valence-electron chi connectivity index (χ0n) is 9.77. The molecule has 1 aliphatic rings. The van der Waals surface area contributed by atoms with Gasteiger partial charge < -0.3 is 20.5 Å². The van der Waals surface area contributed by atoms with Gasteiger partial charge in [-0.2, -0.15) is 0 Å². The second kappa shape index (κ2) is 4.89. The van der Waals surface area contributed by atoms with E-state index < -0.39 is 0 Å². The van der Waals surface area contributed by atoms with E-state index in [0.29, 0.717) is 24.5 Å². The van der Waals surface area contributed by atoms with Crippen molar-refractivity contribution in [2.24, 2.45) is 0 Å². The molecule has 2 unspecified atom stereocenters. The summed E-state index contributed by atoms with van der Waals surface area (Å²) in [6, 6.07) is 4.65. The maximum absolute atomic E-state index is 13.8. The molecule has 0 radical (unpaired) electrons. The van der Waals surface area contributed by atoms with Crippen molar-refractivity contribution in [2.75, 3.05) is 30.3 Å². The van der Waals surface area contributed by atoms with Crippen LogP contribution in [0.5, 0.6) is 0 Å². The summed E-state index contributed by atoms with van der Waals surface area (Å²) in [5.74, 6) is -0.337. The number of hydrogen-bond donors (Lipinski definition) is 2. The molecule has 0 aromatic heterocycles. The molecule has 0 bridgehead atoms. The van der Waals surface area contributed by atoms with Crippen molar-refractivity contribution in [1.82, 2.24) is 0 Å². The molecule has 5 heteroatoms. The SMILES string of the molecule is CC1CN(c2ccc(N)cc2F)CC(CO)O1. The smallest absolute Gasteiger partial charge is 0.148 e. The molecule has 1 heterocycles. The van der Waals surface area contributed by atoms with Gasteiger partial charge in [0.2, 0.25) is 0 Å². The molecular formula is C12H17FN2O2. The van der Waals surface area contributed by atoms with Crippen LogP contribution in [0, 0.1) is 5.82 Å². The fourth-order valence-corrected chi connectivity index (χ4v) is 2.12. The molecule has 1 aromatic rings. The van der Waals surface area contributed by atoms with E-state index >= 15 is 0 Å². The number of aliphatic hydroxyl groups is 1. The lowest BCUT2D eigenvalue weighted by atomic mass is 10.1. The highest BCUT2D eigenvalue weighted by Crippen LogP contribution is 2.24. The molecule has 2 rings (SSSR count). The average Bonchev–Trinajstić information content (AvgIpc) is 2.28. The van der Waals surface area contributed by atoms with E-state index in [4.69, 9.17) is 15.6 Å². The van der Waals surface area contributed by atoms with Crippen LogP contribution in [-0.4, -0.2) is 37.0 Å². The van der Waals surface area contributed by atoms with Crippen LogP contribution < -0.4 is 10.6 Å². The van der Waals surface area contributed by atoms with E-state index in [9.17, 15) is 4.39 Å². The van der Waals surface area contributed by atoms with Gasteiger partial charge in [0.25, 0.3) is 0 Å². The van der Waals surface area contributed by atoms with Gasteiger partial charge in [-0.1, -0.05) is 0 Å². The van der Waals surface area contributed by atoms with E-state index in [1.807, 2.05) is 11.8 Å². The van der Waals surface area contributed by atoms with Crippen LogP contribution >= 0.6 is 0 Å². The second-order valence-electron chi connectivity index (χ2n) is 4.37. The first-order valence-corrected chi connectivity index (χ1v) is 5.66. The minimum Gasteiger partial charge on any atom is -0.399 e. The van der Waals surface area contributed by atoms with Crippen molar-refractivity contribution >= 4 is 11.4 Å². The maximum atomic E-state index is 13.8. The lowest BCUT2D eigenvalue weighted by molar-refractivity contribution is -0.0422. The summed E-state index contributed by atoms with van der Waals surface area (Å²) in [5.41, 5.74) is 6.43. The van der Waals surface area contributed by atoms with Crippen LogP contribution in [0.3, 0.4) is 0 Å². The second-order valence-corrected chi connectivity index (χ2v) is 4.37. The number of aliphatic hydroxyl groups excluding tert-OH is 1. The zero-order chi connectivity index (χ0) is 12.4. The number of anilines is 2. The van der Waals surface area contributed by atoms with Gasteiger partial charge in [-0.15, -0.1) is 0 Å². The topological polar surface area (TPSA) is 58.7 Å². The summed E-state index contributed by atoms with van der Waals surface area (Å²) in [7, 11) is 0. The monoisotopic (exact) mass is 240 g/mol. The first-order valence-electron chi connectivity index (χ1n) is 5.66. The third kappa shape index (κ3) is 2.68. The molecule has 3 N–H and O–H groups in total. The van der Waals surface area contributed by atoms with Gasteiger partial charge in [0.15, 0.2) is 0 Å².